The van der Waals surface area contributed by atoms with Gasteiger partial charge in [0.2, 0.25) is 0 Å². The molecule has 1 aliphatic rings. The Kier molecular flexibility index (Phi) is 4.81. The minimum absolute atomic E-state index is 0.282. The predicted molar refractivity (Wildman–Crippen MR) is 87.4 cm³/mol. The Morgan fingerprint density at radius 1 is 1.05 bits per heavy atom. The third-order valence-corrected chi connectivity index (χ3v) is 4.83. The SMILES string of the molecule is Fc1ccc(Sc2ccc(Cl)cc2F)c(C2=CCNCC2)c1. The van der Waals surface area contributed by atoms with Gasteiger partial charge in [-0.2, -0.15) is 0 Å². The van der Waals surface area contributed by atoms with Crippen molar-refractivity contribution in [3.8, 4) is 0 Å². The molecule has 0 spiro atoms. The topological polar surface area (TPSA) is 12.0 Å². The molecule has 0 radical (unpaired) electrons. The molecule has 1 nitrogen and oxygen atoms in total. The molecule has 0 bridgehead atoms. The average Bonchev–Trinajstić information content (AvgIpc) is 2.52. The molecule has 0 aromatic heterocycles. The van der Waals surface area contributed by atoms with E-state index in [1.807, 2.05) is 0 Å². The fourth-order valence-electron chi connectivity index (χ4n) is 2.39. The third kappa shape index (κ3) is 3.51. The molecule has 0 fully saturated rings. The molecule has 0 saturated carbocycles. The highest BCUT2D eigenvalue weighted by Gasteiger charge is 2.14. The highest BCUT2D eigenvalue weighted by molar-refractivity contribution is 7.99. The summed E-state index contributed by atoms with van der Waals surface area (Å²) in [7, 11) is 0. The highest BCUT2D eigenvalue weighted by atomic mass is 35.5. The summed E-state index contributed by atoms with van der Waals surface area (Å²) in [6.07, 6.45) is 2.89. The van der Waals surface area contributed by atoms with E-state index >= 15 is 0 Å². The van der Waals surface area contributed by atoms with Crippen LogP contribution in [-0.2, 0) is 0 Å². The maximum absolute atomic E-state index is 14.0. The first-order valence-electron chi connectivity index (χ1n) is 6.96. The summed E-state index contributed by atoms with van der Waals surface area (Å²) in [5.74, 6) is -0.651. The molecule has 2 aromatic rings. The first kappa shape index (κ1) is 15.5. The van der Waals surface area contributed by atoms with E-state index in [9.17, 15) is 8.78 Å². The Hall–Kier alpha value is -1.36. The Labute approximate surface area is 137 Å². The molecular weight excluding hydrogens is 324 g/mol. The lowest BCUT2D eigenvalue weighted by Gasteiger charge is -2.17. The Balaban J connectivity index is 1.98. The fraction of sp³-hybridized carbons (Fsp3) is 0.176. The van der Waals surface area contributed by atoms with Gasteiger partial charge in [-0.05, 0) is 60.5 Å². The summed E-state index contributed by atoms with van der Waals surface area (Å²) in [4.78, 5) is 1.32. The van der Waals surface area contributed by atoms with Gasteiger partial charge in [-0.15, -0.1) is 0 Å². The van der Waals surface area contributed by atoms with Gasteiger partial charge in [0.05, 0.1) is 0 Å². The van der Waals surface area contributed by atoms with Crippen LogP contribution in [0.2, 0.25) is 5.02 Å². The first-order valence-corrected chi connectivity index (χ1v) is 8.15. The van der Waals surface area contributed by atoms with Crippen LogP contribution < -0.4 is 5.32 Å². The summed E-state index contributed by atoms with van der Waals surface area (Å²) in [5, 5.41) is 3.60. The molecule has 5 heteroatoms. The van der Waals surface area contributed by atoms with Gasteiger partial charge < -0.3 is 5.32 Å². The van der Waals surface area contributed by atoms with Gasteiger partial charge in [0, 0.05) is 21.4 Å². The maximum Gasteiger partial charge on any atom is 0.138 e. The van der Waals surface area contributed by atoms with Crippen LogP contribution in [0.25, 0.3) is 5.57 Å². The van der Waals surface area contributed by atoms with Gasteiger partial charge in [-0.1, -0.05) is 29.4 Å². The molecule has 2 aromatic carbocycles. The largest absolute Gasteiger partial charge is 0.313 e. The summed E-state index contributed by atoms with van der Waals surface area (Å²) in [5.41, 5.74) is 1.93. The maximum atomic E-state index is 14.0. The average molecular weight is 338 g/mol. The second kappa shape index (κ2) is 6.82. The lowest BCUT2D eigenvalue weighted by Crippen LogP contribution is -2.20. The van der Waals surface area contributed by atoms with Crippen molar-refractivity contribution >= 4 is 28.9 Å². The number of halogens is 3. The Morgan fingerprint density at radius 3 is 2.59 bits per heavy atom. The van der Waals surface area contributed by atoms with Crippen molar-refractivity contribution in [3.63, 3.8) is 0 Å². The van der Waals surface area contributed by atoms with E-state index in [-0.39, 0.29) is 11.6 Å². The molecule has 1 aliphatic heterocycles. The summed E-state index contributed by atoms with van der Waals surface area (Å²) in [6, 6.07) is 9.21. The van der Waals surface area contributed by atoms with Crippen LogP contribution in [0, 0.1) is 11.6 Å². The first-order chi connectivity index (χ1) is 10.6. The molecule has 0 aliphatic carbocycles. The van der Waals surface area contributed by atoms with Gasteiger partial charge in [0.25, 0.3) is 0 Å². The van der Waals surface area contributed by atoms with Crippen molar-refractivity contribution in [2.75, 3.05) is 13.1 Å². The summed E-state index contributed by atoms with van der Waals surface area (Å²) in [6.45, 7) is 1.63. The zero-order valence-corrected chi connectivity index (χ0v) is 13.3. The minimum Gasteiger partial charge on any atom is -0.313 e. The van der Waals surface area contributed by atoms with Crippen molar-refractivity contribution in [2.45, 2.75) is 16.2 Å². The highest BCUT2D eigenvalue weighted by Crippen LogP contribution is 2.37. The zero-order chi connectivity index (χ0) is 15.5. The molecule has 1 heterocycles. The number of nitrogens with one attached hydrogen (secondary N) is 1. The van der Waals surface area contributed by atoms with Gasteiger partial charge in [0.15, 0.2) is 0 Å². The molecule has 0 unspecified atom stereocenters. The van der Waals surface area contributed by atoms with E-state index in [1.54, 1.807) is 18.2 Å². The summed E-state index contributed by atoms with van der Waals surface area (Å²) < 4.78 is 27.6. The van der Waals surface area contributed by atoms with Gasteiger partial charge in [-0.3, -0.25) is 0 Å². The monoisotopic (exact) mass is 337 g/mol. The van der Waals surface area contributed by atoms with E-state index in [0.29, 0.717) is 9.92 Å². The Bertz CT molecular complexity index is 731. The lowest BCUT2D eigenvalue weighted by molar-refractivity contribution is 0.602. The van der Waals surface area contributed by atoms with Crippen molar-refractivity contribution < 1.29 is 8.78 Å². The molecule has 114 valence electrons. The van der Waals surface area contributed by atoms with E-state index in [1.165, 1.54) is 30.0 Å². The van der Waals surface area contributed by atoms with E-state index < -0.39 is 0 Å². The third-order valence-electron chi connectivity index (χ3n) is 3.47. The molecule has 3 rings (SSSR count). The Morgan fingerprint density at radius 2 is 1.86 bits per heavy atom. The molecule has 0 saturated heterocycles. The van der Waals surface area contributed by atoms with Crippen LogP contribution in [-0.4, -0.2) is 13.1 Å². The fourth-order valence-corrected chi connectivity index (χ4v) is 3.51. The van der Waals surface area contributed by atoms with Gasteiger partial charge >= 0.3 is 0 Å². The minimum atomic E-state index is -0.368. The van der Waals surface area contributed by atoms with Gasteiger partial charge in [0.1, 0.15) is 11.6 Å². The van der Waals surface area contributed by atoms with Crippen LogP contribution in [0.15, 0.2) is 52.3 Å². The normalized spacial score (nSPS) is 14.8. The van der Waals surface area contributed by atoms with Crippen molar-refractivity contribution in [1.29, 1.82) is 0 Å². The van der Waals surface area contributed by atoms with Crippen LogP contribution >= 0.6 is 23.4 Å². The number of hydrogen-bond donors (Lipinski definition) is 1. The summed E-state index contributed by atoms with van der Waals surface area (Å²) >= 11 is 7.07. The van der Waals surface area contributed by atoms with Crippen molar-refractivity contribution in [1.82, 2.24) is 5.32 Å². The second-order valence-electron chi connectivity index (χ2n) is 5.00. The van der Waals surface area contributed by atoms with E-state index in [4.69, 9.17) is 11.6 Å². The number of benzene rings is 2. The van der Waals surface area contributed by atoms with Crippen LogP contribution in [0.4, 0.5) is 8.78 Å². The van der Waals surface area contributed by atoms with Crippen LogP contribution in [0.5, 0.6) is 0 Å². The number of rotatable bonds is 3. The van der Waals surface area contributed by atoms with Crippen molar-refractivity contribution in [3.05, 3.63) is 64.7 Å². The van der Waals surface area contributed by atoms with E-state index in [2.05, 4.69) is 11.4 Å². The molecular formula is C17H14ClF2NS. The second-order valence-corrected chi connectivity index (χ2v) is 6.52. The van der Waals surface area contributed by atoms with E-state index in [0.717, 1.165) is 35.5 Å². The molecule has 0 amide bonds. The molecule has 1 N–H and O–H groups in total. The number of hydrogen-bond acceptors (Lipinski definition) is 2. The smallest absolute Gasteiger partial charge is 0.138 e. The van der Waals surface area contributed by atoms with Crippen LogP contribution in [0.3, 0.4) is 0 Å². The molecule has 0 atom stereocenters. The zero-order valence-electron chi connectivity index (χ0n) is 11.7. The standard InChI is InChI=1S/C17H14ClF2NS/c18-12-1-3-17(15(20)9-12)22-16-4-2-13(19)10-14(16)11-5-7-21-8-6-11/h1-5,9-10,21H,6-8H2. The van der Waals surface area contributed by atoms with Crippen molar-refractivity contribution in [2.24, 2.45) is 0 Å². The van der Waals surface area contributed by atoms with Gasteiger partial charge in [-0.25, -0.2) is 8.78 Å². The predicted octanol–water partition coefficient (Wildman–Crippen LogP) is 5.15. The quantitative estimate of drug-likeness (QED) is 0.831. The molecule has 22 heavy (non-hydrogen) atoms. The lowest BCUT2D eigenvalue weighted by atomic mass is 10.0. The van der Waals surface area contributed by atoms with Crippen LogP contribution in [0.1, 0.15) is 12.0 Å².